The molecule has 0 heterocycles. The van der Waals surface area contributed by atoms with Crippen LogP contribution >= 0.6 is 0 Å². The molecule has 0 bridgehead atoms. The Labute approximate surface area is 99.0 Å². The zero-order valence-corrected chi connectivity index (χ0v) is 10.6. The predicted molar refractivity (Wildman–Crippen MR) is 71.8 cm³/mol. The molecule has 16 heavy (non-hydrogen) atoms. The Morgan fingerprint density at radius 1 is 0.438 bits per heavy atom. The number of aryl methyl sites for hydroxylation is 4. The molecule has 0 nitrogen and oxygen atoms in total. The molecule has 0 fully saturated rings. The minimum Gasteiger partial charge on any atom is -0.0620 e. The third-order valence-corrected chi connectivity index (χ3v) is 2.85. The largest absolute Gasteiger partial charge is 0.0620 e. The van der Waals surface area contributed by atoms with Gasteiger partial charge in [-0.15, -0.1) is 0 Å². The van der Waals surface area contributed by atoms with Crippen molar-refractivity contribution in [1.82, 2.24) is 0 Å². The molecule has 0 unspecified atom stereocenters. The van der Waals surface area contributed by atoms with Gasteiger partial charge in [0.15, 0.2) is 0 Å². The first-order valence-electron chi connectivity index (χ1n) is 5.65. The van der Waals surface area contributed by atoms with Crippen LogP contribution in [-0.2, 0) is 0 Å². The number of rotatable bonds is 0. The highest BCUT2D eigenvalue weighted by Crippen LogP contribution is 2.03. The van der Waals surface area contributed by atoms with E-state index in [-0.39, 0.29) is 0 Å². The lowest BCUT2D eigenvalue weighted by atomic mass is 10.1. The SMILES string of the molecule is Cc1ccccc1C.Cc1ccccc1C. The van der Waals surface area contributed by atoms with E-state index in [9.17, 15) is 0 Å². The van der Waals surface area contributed by atoms with Crippen LogP contribution in [0.15, 0.2) is 48.5 Å². The van der Waals surface area contributed by atoms with E-state index in [1.165, 1.54) is 22.3 Å². The summed E-state index contributed by atoms with van der Waals surface area (Å²) in [7, 11) is 0. The second kappa shape index (κ2) is 6.12. The minimum absolute atomic E-state index is 1.37. The van der Waals surface area contributed by atoms with Gasteiger partial charge in [0.2, 0.25) is 0 Å². The summed E-state index contributed by atoms with van der Waals surface area (Å²) >= 11 is 0. The lowest BCUT2D eigenvalue weighted by Crippen LogP contribution is -1.74. The monoisotopic (exact) mass is 212 g/mol. The van der Waals surface area contributed by atoms with Crippen molar-refractivity contribution in [2.24, 2.45) is 0 Å². The Hall–Kier alpha value is -1.56. The molecule has 2 aromatic rings. The average Bonchev–Trinajstić information content (AvgIpc) is 2.28. The van der Waals surface area contributed by atoms with Crippen LogP contribution in [0.4, 0.5) is 0 Å². The standard InChI is InChI=1S/2C8H10/c2*1-7-5-3-4-6-8(7)2/h2*3-6H,1-2H3. The van der Waals surface area contributed by atoms with E-state index in [4.69, 9.17) is 0 Å². The van der Waals surface area contributed by atoms with Crippen LogP contribution < -0.4 is 0 Å². The van der Waals surface area contributed by atoms with Crippen LogP contribution in [0.25, 0.3) is 0 Å². The molecule has 0 amide bonds. The number of benzene rings is 2. The molecule has 0 saturated carbocycles. The van der Waals surface area contributed by atoms with Crippen LogP contribution in [0, 0.1) is 27.7 Å². The molecule has 0 aromatic heterocycles. The fourth-order valence-corrected chi connectivity index (χ4v) is 1.33. The van der Waals surface area contributed by atoms with Crippen LogP contribution in [0.3, 0.4) is 0 Å². The van der Waals surface area contributed by atoms with Gasteiger partial charge in [0.1, 0.15) is 0 Å². The van der Waals surface area contributed by atoms with E-state index < -0.39 is 0 Å². The Morgan fingerprint density at radius 2 is 0.625 bits per heavy atom. The second-order valence-electron chi connectivity index (χ2n) is 4.17. The van der Waals surface area contributed by atoms with E-state index in [0.29, 0.717) is 0 Å². The van der Waals surface area contributed by atoms with Gasteiger partial charge in [0.25, 0.3) is 0 Å². The molecule has 0 aliphatic heterocycles. The van der Waals surface area contributed by atoms with Crippen LogP contribution in [0.1, 0.15) is 22.3 Å². The first-order chi connectivity index (χ1) is 7.61. The molecule has 2 rings (SSSR count). The zero-order chi connectivity index (χ0) is 12.0. The molecule has 0 heteroatoms. The highest BCUT2D eigenvalue weighted by atomic mass is 13.9. The molecule has 0 aliphatic rings. The second-order valence-corrected chi connectivity index (χ2v) is 4.17. The highest BCUT2D eigenvalue weighted by Gasteiger charge is 1.84. The van der Waals surface area contributed by atoms with E-state index in [1.54, 1.807) is 0 Å². The fourth-order valence-electron chi connectivity index (χ4n) is 1.33. The first kappa shape index (κ1) is 12.5. The normalized spacial score (nSPS) is 9.25. The molecule has 84 valence electrons. The lowest BCUT2D eigenvalue weighted by molar-refractivity contribution is 1.34. The molecule has 0 N–H and O–H groups in total. The smallest absolute Gasteiger partial charge is 0.0395 e. The maximum absolute atomic E-state index is 2.12. The third kappa shape index (κ3) is 3.90. The lowest BCUT2D eigenvalue weighted by Gasteiger charge is -1.93. The van der Waals surface area contributed by atoms with E-state index in [1.807, 2.05) is 0 Å². The number of hydrogen-bond donors (Lipinski definition) is 0. The van der Waals surface area contributed by atoms with Gasteiger partial charge in [-0.3, -0.25) is 0 Å². The maximum Gasteiger partial charge on any atom is -0.0395 e. The average molecular weight is 212 g/mol. The summed E-state index contributed by atoms with van der Waals surface area (Å²) in [5, 5.41) is 0. The topological polar surface area (TPSA) is 0 Å². The molecule has 0 aliphatic carbocycles. The molecular weight excluding hydrogens is 192 g/mol. The Kier molecular flexibility index (Phi) is 4.78. The molecule has 0 atom stereocenters. The van der Waals surface area contributed by atoms with E-state index >= 15 is 0 Å². The predicted octanol–water partition coefficient (Wildman–Crippen LogP) is 4.61. The molecule has 0 spiro atoms. The van der Waals surface area contributed by atoms with Crippen molar-refractivity contribution in [2.45, 2.75) is 27.7 Å². The Morgan fingerprint density at radius 3 is 0.750 bits per heavy atom. The van der Waals surface area contributed by atoms with Gasteiger partial charge in [-0.05, 0) is 49.9 Å². The third-order valence-electron chi connectivity index (χ3n) is 2.85. The van der Waals surface area contributed by atoms with Gasteiger partial charge in [-0.2, -0.15) is 0 Å². The van der Waals surface area contributed by atoms with Crippen molar-refractivity contribution in [3.05, 3.63) is 70.8 Å². The van der Waals surface area contributed by atoms with E-state index in [0.717, 1.165) is 0 Å². The maximum atomic E-state index is 2.12. The van der Waals surface area contributed by atoms with Crippen molar-refractivity contribution in [1.29, 1.82) is 0 Å². The highest BCUT2D eigenvalue weighted by molar-refractivity contribution is 5.23. The quantitative estimate of drug-likeness (QED) is 0.598. The summed E-state index contributed by atoms with van der Waals surface area (Å²) in [6.07, 6.45) is 0. The van der Waals surface area contributed by atoms with Crippen molar-refractivity contribution in [3.8, 4) is 0 Å². The number of hydrogen-bond acceptors (Lipinski definition) is 0. The van der Waals surface area contributed by atoms with Crippen molar-refractivity contribution < 1.29 is 0 Å². The van der Waals surface area contributed by atoms with Gasteiger partial charge < -0.3 is 0 Å². The first-order valence-corrected chi connectivity index (χ1v) is 5.65. The van der Waals surface area contributed by atoms with Gasteiger partial charge in [0.05, 0.1) is 0 Å². The van der Waals surface area contributed by atoms with Gasteiger partial charge in [-0.25, -0.2) is 0 Å². The molecule has 0 saturated heterocycles. The summed E-state index contributed by atoms with van der Waals surface area (Å²) in [4.78, 5) is 0. The van der Waals surface area contributed by atoms with Crippen molar-refractivity contribution in [3.63, 3.8) is 0 Å². The molecule has 2 aromatic carbocycles. The van der Waals surface area contributed by atoms with Crippen LogP contribution in [-0.4, -0.2) is 0 Å². The minimum atomic E-state index is 1.37. The Bertz CT molecular complexity index is 356. The Balaban J connectivity index is 0.000000160. The zero-order valence-electron chi connectivity index (χ0n) is 10.6. The van der Waals surface area contributed by atoms with Crippen LogP contribution in [0.2, 0.25) is 0 Å². The summed E-state index contributed by atoms with van der Waals surface area (Å²) < 4.78 is 0. The van der Waals surface area contributed by atoms with E-state index in [2.05, 4.69) is 76.2 Å². The molecular formula is C16H20. The van der Waals surface area contributed by atoms with Gasteiger partial charge in [-0.1, -0.05) is 48.5 Å². The summed E-state index contributed by atoms with van der Waals surface area (Å²) in [6, 6.07) is 16.7. The summed E-state index contributed by atoms with van der Waals surface area (Å²) in [5.74, 6) is 0. The van der Waals surface area contributed by atoms with Gasteiger partial charge in [0, 0.05) is 0 Å². The van der Waals surface area contributed by atoms with Crippen molar-refractivity contribution in [2.75, 3.05) is 0 Å². The summed E-state index contributed by atoms with van der Waals surface area (Å²) in [5.41, 5.74) is 5.47. The van der Waals surface area contributed by atoms with Gasteiger partial charge >= 0.3 is 0 Å². The fraction of sp³-hybridized carbons (Fsp3) is 0.250. The van der Waals surface area contributed by atoms with Crippen LogP contribution in [0.5, 0.6) is 0 Å². The van der Waals surface area contributed by atoms with Crippen molar-refractivity contribution >= 4 is 0 Å². The molecule has 0 radical (unpaired) electrons. The summed E-state index contributed by atoms with van der Waals surface area (Å²) in [6.45, 7) is 8.48.